The molecule has 2 aromatic rings. The Balaban J connectivity index is 1.62. The number of carbonyl (C=O) groups excluding carboxylic acids is 2. The summed E-state index contributed by atoms with van der Waals surface area (Å²) in [5, 5.41) is 13.8. The third-order valence-electron chi connectivity index (χ3n) is 4.38. The van der Waals surface area contributed by atoms with E-state index in [2.05, 4.69) is 5.32 Å². The summed E-state index contributed by atoms with van der Waals surface area (Å²) in [6.07, 6.45) is -0.0243. The van der Waals surface area contributed by atoms with Gasteiger partial charge in [-0.1, -0.05) is 36.4 Å². The van der Waals surface area contributed by atoms with E-state index in [-0.39, 0.29) is 24.7 Å². The molecule has 1 saturated heterocycles. The van der Waals surface area contributed by atoms with Crippen LogP contribution in [0.3, 0.4) is 0 Å². The topological polar surface area (TPSA) is 86.7 Å². The van der Waals surface area contributed by atoms with Gasteiger partial charge in [-0.15, -0.1) is 11.3 Å². The number of hydrogen-bond donors (Lipinski definition) is 2. The summed E-state index contributed by atoms with van der Waals surface area (Å²) in [6.45, 7) is 0.830. The standard InChI is InChI=1S/C19H20N2O4S/c22-17-9-14(12-21(17)11-13-5-2-1-3-6-13)19(25)20-15(10-18(23)24)16-7-4-8-26-16/h1-8,14-15H,9-12H2,(H,20,25)(H,23,24)/t14-,15+/m0/s1. The molecule has 0 aliphatic carbocycles. The van der Waals surface area contributed by atoms with Gasteiger partial charge in [-0.05, 0) is 17.0 Å². The van der Waals surface area contributed by atoms with Crippen molar-refractivity contribution in [3.05, 3.63) is 58.3 Å². The number of carboxylic acid groups (broad SMARTS) is 1. The fourth-order valence-corrected chi connectivity index (χ4v) is 3.86. The summed E-state index contributed by atoms with van der Waals surface area (Å²) < 4.78 is 0. The fraction of sp³-hybridized carbons (Fsp3) is 0.316. The number of aliphatic carboxylic acids is 1. The van der Waals surface area contributed by atoms with Gasteiger partial charge in [-0.25, -0.2) is 0 Å². The van der Waals surface area contributed by atoms with E-state index < -0.39 is 17.9 Å². The monoisotopic (exact) mass is 372 g/mol. The number of hydrogen-bond acceptors (Lipinski definition) is 4. The van der Waals surface area contributed by atoms with Crippen molar-refractivity contribution in [1.82, 2.24) is 10.2 Å². The molecule has 0 bridgehead atoms. The molecule has 1 aromatic heterocycles. The van der Waals surface area contributed by atoms with E-state index in [0.29, 0.717) is 13.1 Å². The van der Waals surface area contributed by atoms with E-state index in [9.17, 15) is 14.4 Å². The number of likely N-dealkylation sites (tertiary alicyclic amines) is 1. The Labute approximate surface area is 155 Å². The largest absolute Gasteiger partial charge is 0.481 e. The van der Waals surface area contributed by atoms with Crippen molar-refractivity contribution in [3.8, 4) is 0 Å². The van der Waals surface area contributed by atoms with E-state index in [1.165, 1.54) is 11.3 Å². The number of amides is 2. The molecule has 1 aliphatic rings. The number of carbonyl (C=O) groups is 3. The first-order chi connectivity index (χ1) is 12.5. The number of nitrogens with one attached hydrogen (secondary N) is 1. The van der Waals surface area contributed by atoms with Gasteiger partial charge in [0.25, 0.3) is 0 Å². The zero-order valence-electron chi connectivity index (χ0n) is 14.1. The van der Waals surface area contributed by atoms with Gasteiger partial charge in [0, 0.05) is 24.4 Å². The van der Waals surface area contributed by atoms with Crippen LogP contribution in [0, 0.1) is 5.92 Å². The van der Waals surface area contributed by atoms with Crippen molar-refractivity contribution < 1.29 is 19.5 Å². The van der Waals surface area contributed by atoms with Gasteiger partial charge in [0.05, 0.1) is 18.4 Å². The molecule has 2 N–H and O–H groups in total. The molecule has 2 heterocycles. The molecule has 6 nitrogen and oxygen atoms in total. The Morgan fingerprint density at radius 2 is 2.00 bits per heavy atom. The number of carboxylic acids is 1. The van der Waals surface area contributed by atoms with Crippen LogP contribution in [0.25, 0.3) is 0 Å². The Bertz CT molecular complexity index is 776. The van der Waals surface area contributed by atoms with Gasteiger partial charge < -0.3 is 15.3 Å². The summed E-state index contributed by atoms with van der Waals surface area (Å²) in [6, 6.07) is 12.7. The SMILES string of the molecule is O=C(O)C[C@@H](NC(=O)[C@H]1CC(=O)N(Cc2ccccc2)C1)c1cccs1. The fourth-order valence-electron chi connectivity index (χ4n) is 3.08. The second-order valence-electron chi connectivity index (χ2n) is 6.34. The molecule has 1 aliphatic heterocycles. The van der Waals surface area contributed by atoms with Crippen LogP contribution in [0.1, 0.15) is 29.3 Å². The molecular weight excluding hydrogens is 352 g/mol. The Morgan fingerprint density at radius 1 is 1.23 bits per heavy atom. The molecule has 3 rings (SSSR count). The minimum absolute atomic E-state index is 0.0556. The third kappa shape index (κ3) is 4.49. The summed E-state index contributed by atoms with van der Waals surface area (Å²) in [5.41, 5.74) is 1.02. The zero-order chi connectivity index (χ0) is 18.5. The van der Waals surface area contributed by atoms with Crippen molar-refractivity contribution in [2.24, 2.45) is 5.92 Å². The third-order valence-corrected chi connectivity index (χ3v) is 5.37. The highest BCUT2D eigenvalue weighted by Gasteiger charge is 2.35. The van der Waals surface area contributed by atoms with E-state index >= 15 is 0 Å². The quantitative estimate of drug-likeness (QED) is 0.781. The van der Waals surface area contributed by atoms with Crippen molar-refractivity contribution in [2.45, 2.75) is 25.4 Å². The van der Waals surface area contributed by atoms with Crippen molar-refractivity contribution in [1.29, 1.82) is 0 Å². The molecule has 7 heteroatoms. The van der Waals surface area contributed by atoms with Crippen LogP contribution >= 0.6 is 11.3 Å². The van der Waals surface area contributed by atoms with Gasteiger partial charge in [-0.2, -0.15) is 0 Å². The van der Waals surface area contributed by atoms with Crippen molar-refractivity contribution >= 4 is 29.1 Å². The second-order valence-corrected chi connectivity index (χ2v) is 7.31. The summed E-state index contributed by atoms with van der Waals surface area (Å²) in [7, 11) is 0. The summed E-state index contributed by atoms with van der Waals surface area (Å²) in [5.74, 6) is -1.76. The molecule has 2 amide bonds. The minimum atomic E-state index is -0.975. The first-order valence-electron chi connectivity index (χ1n) is 8.40. The summed E-state index contributed by atoms with van der Waals surface area (Å²) >= 11 is 1.41. The number of nitrogens with zero attached hydrogens (tertiary/aromatic N) is 1. The minimum Gasteiger partial charge on any atom is -0.481 e. The normalized spacial score (nSPS) is 17.9. The van der Waals surface area contributed by atoms with E-state index in [0.717, 1.165) is 10.4 Å². The van der Waals surface area contributed by atoms with Gasteiger partial charge in [0.15, 0.2) is 0 Å². The lowest BCUT2D eigenvalue weighted by atomic mass is 10.1. The van der Waals surface area contributed by atoms with Gasteiger partial charge >= 0.3 is 5.97 Å². The molecule has 26 heavy (non-hydrogen) atoms. The van der Waals surface area contributed by atoms with Gasteiger partial charge in [-0.3, -0.25) is 14.4 Å². The summed E-state index contributed by atoms with van der Waals surface area (Å²) in [4.78, 5) is 38.4. The Hall–Kier alpha value is -2.67. The predicted molar refractivity (Wildman–Crippen MR) is 97.4 cm³/mol. The lowest BCUT2D eigenvalue weighted by molar-refractivity contribution is -0.138. The van der Waals surface area contributed by atoms with Crippen molar-refractivity contribution in [3.63, 3.8) is 0 Å². The highest BCUT2D eigenvalue weighted by molar-refractivity contribution is 7.10. The molecule has 0 unspecified atom stereocenters. The number of benzene rings is 1. The molecule has 0 spiro atoms. The van der Waals surface area contributed by atoms with E-state index in [1.54, 1.807) is 11.0 Å². The van der Waals surface area contributed by atoms with Crippen LogP contribution in [0.15, 0.2) is 47.8 Å². The lowest BCUT2D eigenvalue weighted by Crippen LogP contribution is -2.36. The Morgan fingerprint density at radius 3 is 2.65 bits per heavy atom. The highest BCUT2D eigenvalue weighted by atomic mass is 32.1. The van der Waals surface area contributed by atoms with Crippen LogP contribution in [-0.2, 0) is 20.9 Å². The van der Waals surface area contributed by atoms with E-state index in [1.807, 2.05) is 41.8 Å². The molecular formula is C19H20N2O4S. The maximum Gasteiger partial charge on any atom is 0.305 e. The first kappa shape index (κ1) is 18.1. The molecule has 0 radical (unpaired) electrons. The zero-order valence-corrected chi connectivity index (χ0v) is 14.9. The predicted octanol–water partition coefficient (Wildman–Crippen LogP) is 2.43. The second kappa shape index (κ2) is 8.14. The molecule has 1 aromatic carbocycles. The molecule has 136 valence electrons. The Kier molecular flexibility index (Phi) is 5.68. The molecule has 0 saturated carbocycles. The highest BCUT2D eigenvalue weighted by Crippen LogP contribution is 2.25. The molecule has 1 fully saturated rings. The van der Waals surface area contributed by atoms with Gasteiger partial charge in [0.2, 0.25) is 11.8 Å². The van der Waals surface area contributed by atoms with Crippen LogP contribution in [0.5, 0.6) is 0 Å². The van der Waals surface area contributed by atoms with Gasteiger partial charge in [0.1, 0.15) is 0 Å². The number of thiophene rings is 1. The lowest BCUT2D eigenvalue weighted by Gasteiger charge is -2.19. The molecule has 2 atom stereocenters. The van der Waals surface area contributed by atoms with Crippen molar-refractivity contribution in [2.75, 3.05) is 6.54 Å². The average Bonchev–Trinajstić information content (AvgIpc) is 3.25. The average molecular weight is 372 g/mol. The first-order valence-corrected chi connectivity index (χ1v) is 9.28. The maximum atomic E-state index is 12.6. The van der Waals surface area contributed by atoms with E-state index in [4.69, 9.17) is 5.11 Å². The smallest absolute Gasteiger partial charge is 0.305 e. The van der Waals surface area contributed by atoms with Crippen LogP contribution in [-0.4, -0.2) is 34.3 Å². The van der Waals surface area contributed by atoms with Crippen LogP contribution in [0.2, 0.25) is 0 Å². The van der Waals surface area contributed by atoms with Crippen LogP contribution in [0.4, 0.5) is 0 Å². The maximum absolute atomic E-state index is 12.6. The van der Waals surface area contributed by atoms with Crippen LogP contribution < -0.4 is 5.32 Å². The number of rotatable bonds is 7.